The van der Waals surface area contributed by atoms with Crippen molar-refractivity contribution >= 4 is 28.4 Å². The molecule has 0 bridgehead atoms. The van der Waals surface area contributed by atoms with Crippen molar-refractivity contribution in [1.29, 1.82) is 0 Å². The Hall–Kier alpha value is -0.540. The molecule has 0 aliphatic carbocycles. The molecule has 1 rings (SSSR count). The maximum Gasteiger partial charge on any atom is 0.288 e. The third kappa shape index (κ3) is 4.14. The summed E-state index contributed by atoms with van der Waals surface area (Å²) >= 11 is 6.66. The summed E-state index contributed by atoms with van der Waals surface area (Å²) < 4.78 is 24.7. The van der Waals surface area contributed by atoms with Gasteiger partial charge in [0, 0.05) is 4.91 Å². The molecule has 0 heterocycles. The summed E-state index contributed by atoms with van der Waals surface area (Å²) in [4.78, 5) is 0.561. The molecule has 0 saturated carbocycles. The van der Waals surface area contributed by atoms with Crippen LogP contribution >= 0.6 is 23.4 Å². The molecule has 88 valence electrons. The van der Waals surface area contributed by atoms with E-state index in [0.29, 0.717) is 28.1 Å². The zero-order chi connectivity index (χ0) is 12.0. The van der Waals surface area contributed by atoms with E-state index in [2.05, 4.69) is 0 Å². The predicted octanol–water partition coefficient (Wildman–Crippen LogP) is 5.35. The van der Waals surface area contributed by atoms with E-state index in [4.69, 9.17) is 11.6 Å². The van der Waals surface area contributed by atoms with Crippen molar-refractivity contribution in [3.05, 3.63) is 40.8 Å². The topological polar surface area (TPSA) is 0 Å². The van der Waals surface area contributed by atoms with Gasteiger partial charge in [-0.05, 0) is 12.0 Å². The van der Waals surface area contributed by atoms with Crippen LogP contribution in [0.3, 0.4) is 0 Å². The van der Waals surface area contributed by atoms with Gasteiger partial charge in [-0.15, -0.1) is 0 Å². The summed E-state index contributed by atoms with van der Waals surface area (Å²) in [6.45, 7) is 1.95. The molecule has 0 nitrogen and oxygen atoms in total. The van der Waals surface area contributed by atoms with Crippen molar-refractivity contribution in [2.24, 2.45) is 0 Å². The summed E-state index contributed by atoms with van der Waals surface area (Å²) in [7, 11) is 0. The first kappa shape index (κ1) is 13.5. The Kier molecular flexibility index (Phi) is 5.85. The lowest BCUT2D eigenvalue weighted by atomic mass is 10.2. The maximum atomic E-state index is 12.4. The number of alkyl halides is 2. The molecule has 0 aliphatic rings. The second-order valence-corrected chi connectivity index (χ2v) is 4.69. The van der Waals surface area contributed by atoms with E-state index >= 15 is 0 Å². The van der Waals surface area contributed by atoms with Crippen LogP contribution in [0.4, 0.5) is 8.78 Å². The summed E-state index contributed by atoms with van der Waals surface area (Å²) in [6, 6.07) is 9.20. The lowest BCUT2D eigenvalue weighted by Crippen LogP contribution is -1.88. The number of rotatable bonds is 5. The maximum absolute atomic E-state index is 12.4. The van der Waals surface area contributed by atoms with Crippen LogP contribution in [0.2, 0.25) is 0 Å². The first-order valence-corrected chi connectivity index (χ1v) is 6.29. The molecule has 0 spiro atoms. The SMILES string of the molecule is CCC/C(SC(F)F)=C(\Cl)c1ccccc1. The second kappa shape index (κ2) is 6.92. The van der Waals surface area contributed by atoms with Crippen LogP contribution in [0.1, 0.15) is 25.3 Å². The summed E-state index contributed by atoms with van der Waals surface area (Å²) in [5.41, 5.74) is 0.792. The fraction of sp³-hybridized carbons (Fsp3) is 0.333. The Balaban J connectivity index is 2.96. The van der Waals surface area contributed by atoms with E-state index < -0.39 is 5.76 Å². The van der Waals surface area contributed by atoms with Crippen molar-refractivity contribution in [3.8, 4) is 0 Å². The van der Waals surface area contributed by atoms with Crippen LogP contribution < -0.4 is 0 Å². The van der Waals surface area contributed by atoms with Gasteiger partial charge in [0.15, 0.2) is 0 Å². The smallest absolute Gasteiger partial charge is 0.198 e. The van der Waals surface area contributed by atoms with E-state index in [-0.39, 0.29) is 0 Å². The highest BCUT2D eigenvalue weighted by atomic mass is 35.5. The first-order chi connectivity index (χ1) is 7.65. The average molecular weight is 263 g/mol. The van der Waals surface area contributed by atoms with Crippen molar-refractivity contribution in [3.63, 3.8) is 0 Å². The minimum atomic E-state index is -2.42. The molecule has 0 amide bonds. The Morgan fingerprint density at radius 1 is 1.31 bits per heavy atom. The largest absolute Gasteiger partial charge is 0.288 e. The van der Waals surface area contributed by atoms with E-state index in [9.17, 15) is 8.78 Å². The molecule has 0 aliphatic heterocycles. The van der Waals surface area contributed by atoms with Crippen LogP contribution in [0, 0.1) is 0 Å². The van der Waals surface area contributed by atoms with Gasteiger partial charge in [0.25, 0.3) is 5.76 Å². The quantitative estimate of drug-likeness (QED) is 0.689. The highest BCUT2D eigenvalue weighted by molar-refractivity contribution is 8.03. The zero-order valence-corrected chi connectivity index (χ0v) is 10.5. The molecule has 0 unspecified atom stereocenters. The lowest BCUT2D eigenvalue weighted by molar-refractivity contribution is 0.252. The Labute approximate surface area is 104 Å². The van der Waals surface area contributed by atoms with Gasteiger partial charge in [0.05, 0.1) is 5.03 Å². The summed E-state index contributed by atoms with van der Waals surface area (Å²) in [5, 5.41) is 0.438. The zero-order valence-electron chi connectivity index (χ0n) is 8.92. The summed E-state index contributed by atoms with van der Waals surface area (Å²) in [6.07, 6.45) is 1.39. The minimum Gasteiger partial charge on any atom is -0.198 e. The van der Waals surface area contributed by atoms with Crippen LogP contribution in [0.5, 0.6) is 0 Å². The van der Waals surface area contributed by atoms with E-state index in [1.165, 1.54) is 0 Å². The van der Waals surface area contributed by atoms with Crippen molar-refractivity contribution < 1.29 is 8.78 Å². The van der Waals surface area contributed by atoms with Crippen LogP contribution in [0.15, 0.2) is 35.2 Å². The minimum absolute atomic E-state index is 0.438. The van der Waals surface area contributed by atoms with Gasteiger partial charge in [-0.25, -0.2) is 0 Å². The number of halogens is 3. The standard InChI is InChI=1S/C12H13ClF2S/c1-2-6-10(16-12(14)15)11(13)9-7-4-3-5-8-9/h3-5,7-8,12H,2,6H2,1H3/b11-10+. The number of allylic oxidation sites excluding steroid dienone is 1. The van der Waals surface area contributed by atoms with Crippen LogP contribution in [0.25, 0.3) is 5.03 Å². The van der Waals surface area contributed by atoms with Crippen LogP contribution in [-0.2, 0) is 0 Å². The molecule has 0 radical (unpaired) electrons. The number of benzene rings is 1. The van der Waals surface area contributed by atoms with Gasteiger partial charge in [0.1, 0.15) is 0 Å². The third-order valence-corrected chi connectivity index (χ3v) is 3.41. The van der Waals surface area contributed by atoms with E-state index in [1.54, 1.807) is 0 Å². The lowest BCUT2D eigenvalue weighted by Gasteiger charge is -2.09. The first-order valence-electron chi connectivity index (χ1n) is 5.04. The average Bonchev–Trinajstić information content (AvgIpc) is 2.28. The molecule has 1 aromatic rings. The number of hydrogen-bond donors (Lipinski definition) is 0. The van der Waals surface area contributed by atoms with Gasteiger partial charge in [0.2, 0.25) is 0 Å². The molecule has 0 atom stereocenters. The number of thioether (sulfide) groups is 1. The molecule has 4 heteroatoms. The monoisotopic (exact) mass is 262 g/mol. The van der Waals surface area contributed by atoms with Gasteiger partial charge in [-0.3, -0.25) is 0 Å². The fourth-order valence-corrected chi connectivity index (χ4v) is 2.41. The second-order valence-electron chi connectivity index (χ2n) is 3.23. The Morgan fingerprint density at radius 3 is 2.44 bits per heavy atom. The highest BCUT2D eigenvalue weighted by Gasteiger charge is 2.12. The van der Waals surface area contributed by atoms with Gasteiger partial charge < -0.3 is 0 Å². The molecule has 0 N–H and O–H groups in total. The molecule has 0 saturated heterocycles. The van der Waals surface area contributed by atoms with Gasteiger partial charge >= 0.3 is 0 Å². The van der Waals surface area contributed by atoms with Crippen LogP contribution in [-0.4, -0.2) is 5.76 Å². The predicted molar refractivity (Wildman–Crippen MR) is 67.7 cm³/mol. The molecule has 1 aromatic carbocycles. The van der Waals surface area contributed by atoms with Gasteiger partial charge in [-0.1, -0.05) is 67.0 Å². The van der Waals surface area contributed by atoms with Crippen molar-refractivity contribution in [2.75, 3.05) is 0 Å². The third-order valence-electron chi connectivity index (χ3n) is 1.98. The molecule has 0 aromatic heterocycles. The highest BCUT2D eigenvalue weighted by Crippen LogP contribution is 2.36. The van der Waals surface area contributed by atoms with E-state index in [0.717, 1.165) is 12.0 Å². The van der Waals surface area contributed by atoms with Crippen molar-refractivity contribution in [2.45, 2.75) is 25.5 Å². The fourth-order valence-electron chi connectivity index (χ4n) is 1.30. The van der Waals surface area contributed by atoms with Gasteiger partial charge in [-0.2, -0.15) is 8.78 Å². The van der Waals surface area contributed by atoms with E-state index in [1.807, 2.05) is 37.3 Å². The Morgan fingerprint density at radius 2 is 1.94 bits per heavy atom. The number of hydrogen-bond acceptors (Lipinski definition) is 1. The molecular formula is C12H13ClF2S. The molecule has 16 heavy (non-hydrogen) atoms. The normalized spacial score (nSPS) is 12.8. The molecule has 0 fully saturated rings. The molecular weight excluding hydrogens is 250 g/mol. The Bertz CT molecular complexity index is 349. The van der Waals surface area contributed by atoms with Crippen molar-refractivity contribution in [1.82, 2.24) is 0 Å². The summed E-state index contributed by atoms with van der Waals surface area (Å²) in [5.74, 6) is -2.42.